The number of anilines is 2. The molecule has 0 atom stereocenters. The van der Waals surface area contributed by atoms with Crippen LogP contribution in [0.1, 0.15) is 12.5 Å². The number of carbonyl (C=O) groups is 1. The van der Waals surface area contributed by atoms with E-state index in [1.807, 2.05) is 31.2 Å². The van der Waals surface area contributed by atoms with Gasteiger partial charge in [-0.2, -0.15) is 4.98 Å². The number of halogens is 1. The van der Waals surface area contributed by atoms with Crippen LogP contribution in [0.5, 0.6) is 0 Å². The summed E-state index contributed by atoms with van der Waals surface area (Å²) in [6.45, 7) is 1.88. The SMILES string of the molecule is CCc1ccccc1NC(=O)Cn1nnc(-c2nc(-c3ccc(F)cc3)no2)c1N. The van der Waals surface area contributed by atoms with E-state index in [0.29, 0.717) is 5.56 Å². The number of aryl methyl sites for hydroxylation is 1. The molecule has 9 nitrogen and oxygen atoms in total. The normalized spacial score (nSPS) is 10.9. The molecule has 2 aromatic carbocycles. The summed E-state index contributed by atoms with van der Waals surface area (Å²) in [7, 11) is 0. The summed E-state index contributed by atoms with van der Waals surface area (Å²) in [5, 5.41) is 14.6. The Labute approximate surface area is 170 Å². The number of aromatic nitrogens is 5. The van der Waals surface area contributed by atoms with Crippen LogP contribution in [0.25, 0.3) is 23.0 Å². The predicted molar refractivity (Wildman–Crippen MR) is 108 cm³/mol. The summed E-state index contributed by atoms with van der Waals surface area (Å²) in [5.74, 6) is -0.239. The van der Waals surface area contributed by atoms with Gasteiger partial charge in [-0.25, -0.2) is 9.07 Å². The fourth-order valence-corrected chi connectivity index (χ4v) is 2.90. The van der Waals surface area contributed by atoms with Crippen LogP contribution in [-0.4, -0.2) is 31.0 Å². The van der Waals surface area contributed by atoms with Crippen molar-refractivity contribution in [1.82, 2.24) is 25.1 Å². The minimum Gasteiger partial charge on any atom is -0.382 e. The molecule has 0 aliphatic heterocycles. The highest BCUT2D eigenvalue weighted by atomic mass is 19.1. The average molecular weight is 407 g/mol. The molecule has 4 rings (SSSR count). The number of hydrogen-bond acceptors (Lipinski definition) is 7. The van der Waals surface area contributed by atoms with Crippen molar-refractivity contribution < 1.29 is 13.7 Å². The summed E-state index contributed by atoms with van der Waals surface area (Å²) < 4.78 is 19.5. The highest BCUT2D eigenvalue weighted by molar-refractivity contribution is 5.91. The molecule has 0 fully saturated rings. The number of nitrogens with two attached hydrogens (primary N) is 1. The van der Waals surface area contributed by atoms with Crippen LogP contribution in [0.4, 0.5) is 15.9 Å². The van der Waals surface area contributed by atoms with E-state index in [-0.39, 0.29) is 41.5 Å². The molecule has 3 N–H and O–H groups in total. The Hall–Kier alpha value is -4.08. The molecule has 0 radical (unpaired) electrons. The lowest BCUT2D eigenvalue weighted by Gasteiger charge is -2.09. The fraction of sp³-hybridized carbons (Fsp3) is 0.150. The maximum atomic E-state index is 13.1. The Morgan fingerprint density at radius 2 is 1.97 bits per heavy atom. The maximum Gasteiger partial charge on any atom is 0.282 e. The van der Waals surface area contributed by atoms with Gasteiger partial charge in [0.05, 0.1) is 0 Å². The van der Waals surface area contributed by atoms with Crippen molar-refractivity contribution in [2.45, 2.75) is 19.9 Å². The first-order valence-electron chi connectivity index (χ1n) is 9.22. The van der Waals surface area contributed by atoms with Gasteiger partial charge in [-0.05, 0) is 42.3 Å². The summed E-state index contributed by atoms with van der Waals surface area (Å²) in [4.78, 5) is 16.7. The molecule has 1 amide bonds. The molecular formula is C20H18FN7O2. The van der Waals surface area contributed by atoms with Crippen LogP contribution in [0, 0.1) is 5.82 Å². The zero-order chi connectivity index (χ0) is 21.1. The topological polar surface area (TPSA) is 125 Å². The van der Waals surface area contributed by atoms with E-state index >= 15 is 0 Å². The van der Waals surface area contributed by atoms with E-state index in [1.54, 1.807) is 0 Å². The number of benzene rings is 2. The van der Waals surface area contributed by atoms with Crippen molar-refractivity contribution in [1.29, 1.82) is 0 Å². The minimum atomic E-state index is -0.366. The van der Waals surface area contributed by atoms with E-state index in [1.165, 1.54) is 28.9 Å². The quantitative estimate of drug-likeness (QED) is 0.503. The van der Waals surface area contributed by atoms with Crippen LogP contribution in [0.2, 0.25) is 0 Å². The van der Waals surface area contributed by atoms with Crippen molar-refractivity contribution in [2.75, 3.05) is 11.1 Å². The summed E-state index contributed by atoms with van der Waals surface area (Å²) in [6.07, 6.45) is 0.791. The third kappa shape index (κ3) is 3.88. The van der Waals surface area contributed by atoms with E-state index in [2.05, 4.69) is 25.8 Å². The molecule has 0 aliphatic carbocycles. The zero-order valence-electron chi connectivity index (χ0n) is 16.0. The Morgan fingerprint density at radius 3 is 2.73 bits per heavy atom. The first kappa shape index (κ1) is 19.2. The molecule has 0 saturated heterocycles. The third-order valence-corrected chi connectivity index (χ3v) is 4.47. The second kappa shape index (κ2) is 8.11. The zero-order valence-corrected chi connectivity index (χ0v) is 16.0. The van der Waals surface area contributed by atoms with Crippen molar-refractivity contribution in [3.8, 4) is 23.0 Å². The molecule has 152 valence electrons. The largest absolute Gasteiger partial charge is 0.382 e. The second-order valence-electron chi connectivity index (χ2n) is 6.47. The average Bonchev–Trinajstić information content (AvgIpc) is 3.36. The van der Waals surface area contributed by atoms with Gasteiger partial charge in [0.2, 0.25) is 11.7 Å². The number of nitrogens with zero attached hydrogens (tertiary/aromatic N) is 5. The van der Waals surface area contributed by atoms with Gasteiger partial charge in [0.25, 0.3) is 5.89 Å². The number of nitrogen functional groups attached to an aromatic ring is 1. The van der Waals surface area contributed by atoms with Gasteiger partial charge in [-0.1, -0.05) is 35.5 Å². The van der Waals surface area contributed by atoms with Crippen molar-refractivity contribution in [2.24, 2.45) is 0 Å². The highest BCUT2D eigenvalue weighted by Gasteiger charge is 2.20. The highest BCUT2D eigenvalue weighted by Crippen LogP contribution is 2.25. The van der Waals surface area contributed by atoms with Gasteiger partial charge in [0, 0.05) is 11.3 Å². The third-order valence-electron chi connectivity index (χ3n) is 4.47. The lowest BCUT2D eigenvalue weighted by atomic mass is 10.1. The van der Waals surface area contributed by atoms with Crippen LogP contribution >= 0.6 is 0 Å². The molecular weight excluding hydrogens is 389 g/mol. The molecule has 4 aromatic rings. The lowest BCUT2D eigenvalue weighted by molar-refractivity contribution is -0.116. The Kier molecular flexibility index (Phi) is 5.21. The van der Waals surface area contributed by atoms with Gasteiger partial charge in [0.1, 0.15) is 12.4 Å². The van der Waals surface area contributed by atoms with Gasteiger partial charge in [0.15, 0.2) is 11.5 Å². The van der Waals surface area contributed by atoms with Gasteiger partial charge >= 0.3 is 0 Å². The molecule has 2 heterocycles. The fourth-order valence-electron chi connectivity index (χ4n) is 2.90. The molecule has 0 aliphatic rings. The van der Waals surface area contributed by atoms with E-state index in [0.717, 1.165) is 17.7 Å². The number of hydrogen-bond donors (Lipinski definition) is 2. The van der Waals surface area contributed by atoms with Crippen molar-refractivity contribution in [3.05, 3.63) is 59.9 Å². The summed E-state index contributed by atoms with van der Waals surface area (Å²) in [6, 6.07) is 13.2. The molecule has 2 aromatic heterocycles. The monoisotopic (exact) mass is 407 g/mol. The standard InChI is InChI=1S/C20H18FN7O2/c1-2-12-5-3-4-6-15(12)23-16(29)11-28-18(22)17(25-27-28)20-24-19(26-30-20)13-7-9-14(21)10-8-13/h3-10H,2,11,22H2,1H3,(H,23,29). The smallest absolute Gasteiger partial charge is 0.282 e. The Bertz CT molecular complexity index is 1180. The number of rotatable bonds is 6. The molecule has 30 heavy (non-hydrogen) atoms. The Balaban J connectivity index is 1.50. The summed E-state index contributed by atoms with van der Waals surface area (Å²) in [5.41, 5.74) is 8.59. The Morgan fingerprint density at radius 1 is 1.20 bits per heavy atom. The van der Waals surface area contributed by atoms with Crippen LogP contribution < -0.4 is 11.1 Å². The number of para-hydroxylation sites is 1. The van der Waals surface area contributed by atoms with E-state index in [4.69, 9.17) is 10.3 Å². The van der Waals surface area contributed by atoms with Crippen molar-refractivity contribution in [3.63, 3.8) is 0 Å². The summed E-state index contributed by atoms with van der Waals surface area (Å²) >= 11 is 0. The van der Waals surface area contributed by atoms with E-state index < -0.39 is 0 Å². The van der Waals surface area contributed by atoms with Crippen LogP contribution in [0.3, 0.4) is 0 Å². The first-order chi connectivity index (χ1) is 14.5. The first-order valence-corrected chi connectivity index (χ1v) is 9.22. The van der Waals surface area contributed by atoms with E-state index in [9.17, 15) is 9.18 Å². The van der Waals surface area contributed by atoms with Gasteiger partial charge in [-0.3, -0.25) is 4.79 Å². The minimum absolute atomic E-state index is 0.0508. The maximum absolute atomic E-state index is 13.1. The second-order valence-corrected chi connectivity index (χ2v) is 6.47. The number of nitrogens with one attached hydrogen (secondary N) is 1. The number of carbonyl (C=O) groups excluding carboxylic acids is 1. The van der Waals surface area contributed by atoms with Gasteiger partial charge in [-0.15, -0.1) is 5.10 Å². The predicted octanol–water partition coefficient (Wildman–Crippen LogP) is 2.92. The molecule has 10 heteroatoms. The number of amides is 1. The molecule has 0 saturated carbocycles. The van der Waals surface area contributed by atoms with Crippen LogP contribution in [-0.2, 0) is 17.8 Å². The molecule has 0 spiro atoms. The molecule has 0 unspecified atom stereocenters. The molecule has 0 bridgehead atoms. The lowest BCUT2D eigenvalue weighted by Crippen LogP contribution is -2.21. The van der Waals surface area contributed by atoms with Crippen molar-refractivity contribution >= 4 is 17.4 Å². The van der Waals surface area contributed by atoms with Crippen LogP contribution in [0.15, 0.2) is 53.1 Å². The van der Waals surface area contributed by atoms with Gasteiger partial charge < -0.3 is 15.6 Å².